The minimum absolute atomic E-state index is 0.0414. The molecular formula is C52H37F9. The lowest BCUT2D eigenvalue weighted by Crippen LogP contribution is -2.07. The minimum atomic E-state index is -4.79. The molecule has 0 aliphatic rings. The molecule has 0 saturated carbocycles. The highest BCUT2D eigenvalue weighted by Gasteiger charge is 2.34. The molecule has 8 rings (SSSR count). The molecule has 0 spiro atoms. The van der Waals surface area contributed by atoms with Crippen LogP contribution in [0.4, 0.5) is 39.5 Å². The fourth-order valence-electron chi connectivity index (χ4n) is 7.20. The lowest BCUT2D eigenvalue weighted by atomic mass is 9.96. The molecule has 0 aliphatic heterocycles. The van der Waals surface area contributed by atoms with Crippen molar-refractivity contribution >= 4 is 21.5 Å². The van der Waals surface area contributed by atoms with Crippen molar-refractivity contribution in [3.8, 4) is 44.5 Å². The molecule has 0 saturated heterocycles. The van der Waals surface area contributed by atoms with Gasteiger partial charge < -0.3 is 0 Å². The molecular weight excluding hydrogens is 796 g/mol. The zero-order valence-corrected chi connectivity index (χ0v) is 32.7. The molecule has 9 heteroatoms. The molecule has 0 radical (unpaired) electrons. The second-order valence-corrected chi connectivity index (χ2v) is 14.6. The van der Waals surface area contributed by atoms with Crippen molar-refractivity contribution < 1.29 is 39.5 Å². The Bertz CT molecular complexity index is 2870. The van der Waals surface area contributed by atoms with Gasteiger partial charge in [0.05, 0.1) is 11.1 Å². The summed E-state index contributed by atoms with van der Waals surface area (Å²) in [7, 11) is 0. The van der Waals surface area contributed by atoms with E-state index in [1.54, 1.807) is 18.2 Å². The lowest BCUT2D eigenvalue weighted by Gasteiger charge is -2.11. The first-order valence-electron chi connectivity index (χ1n) is 19.4. The third-order valence-electron chi connectivity index (χ3n) is 10.6. The van der Waals surface area contributed by atoms with Gasteiger partial charge in [0.25, 0.3) is 0 Å². The normalized spacial score (nSPS) is 11.7. The third kappa shape index (κ3) is 9.73. The number of hydrogen-bond donors (Lipinski definition) is 0. The van der Waals surface area contributed by atoms with Crippen molar-refractivity contribution in [2.24, 2.45) is 0 Å². The topological polar surface area (TPSA) is 0 Å². The molecule has 8 aromatic rings. The molecule has 0 nitrogen and oxygen atoms in total. The number of hydrogen-bond acceptors (Lipinski definition) is 0. The molecule has 0 atom stereocenters. The van der Waals surface area contributed by atoms with E-state index >= 15 is 0 Å². The first kappa shape index (κ1) is 42.5. The smallest absolute Gasteiger partial charge is 0.206 e. The van der Waals surface area contributed by atoms with Gasteiger partial charge in [0.15, 0.2) is 0 Å². The summed E-state index contributed by atoms with van der Waals surface area (Å²) in [4.78, 5) is 0. The van der Waals surface area contributed by atoms with Gasteiger partial charge in [-0.2, -0.15) is 26.3 Å². The van der Waals surface area contributed by atoms with Crippen molar-refractivity contribution in [3.05, 3.63) is 204 Å². The molecule has 308 valence electrons. The highest BCUT2D eigenvalue weighted by atomic mass is 19.4. The average Bonchev–Trinajstić information content (AvgIpc) is 3.24. The number of aryl methyl sites for hydroxylation is 2. The number of benzene rings is 8. The molecule has 0 heterocycles. The van der Waals surface area contributed by atoms with Crippen LogP contribution >= 0.6 is 0 Å². The minimum Gasteiger partial charge on any atom is -0.206 e. The van der Waals surface area contributed by atoms with Crippen molar-refractivity contribution in [1.29, 1.82) is 0 Å². The maximum atomic E-state index is 14.8. The summed E-state index contributed by atoms with van der Waals surface area (Å²) >= 11 is 0. The van der Waals surface area contributed by atoms with Crippen LogP contribution in [0, 0.1) is 17.5 Å². The van der Waals surface area contributed by atoms with Crippen LogP contribution in [-0.4, -0.2) is 0 Å². The number of alkyl halides is 6. The van der Waals surface area contributed by atoms with Gasteiger partial charge in [-0.3, -0.25) is 0 Å². The number of allylic oxidation sites excluding steroid dienone is 1. The Morgan fingerprint density at radius 3 is 1.34 bits per heavy atom. The van der Waals surface area contributed by atoms with E-state index in [2.05, 4.69) is 43.8 Å². The maximum Gasteiger partial charge on any atom is 0.419 e. The van der Waals surface area contributed by atoms with Gasteiger partial charge in [0, 0.05) is 11.1 Å². The molecule has 0 amide bonds. The average molecular weight is 833 g/mol. The highest BCUT2D eigenvalue weighted by Crippen LogP contribution is 2.37. The summed E-state index contributed by atoms with van der Waals surface area (Å²) in [5.41, 5.74) is 4.16. The quantitative estimate of drug-likeness (QED) is 0.106. The monoisotopic (exact) mass is 832 g/mol. The highest BCUT2D eigenvalue weighted by molar-refractivity contribution is 5.89. The zero-order chi connectivity index (χ0) is 43.5. The Hall–Kier alpha value is -6.61. The first-order chi connectivity index (χ1) is 29.1. The first-order valence-corrected chi connectivity index (χ1v) is 19.4. The van der Waals surface area contributed by atoms with E-state index in [4.69, 9.17) is 0 Å². The van der Waals surface area contributed by atoms with Gasteiger partial charge in [-0.05, 0) is 134 Å². The van der Waals surface area contributed by atoms with Crippen molar-refractivity contribution in [2.45, 2.75) is 38.5 Å². The fraction of sp³-hybridized carbons (Fsp3) is 0.115. The summed E-state index contributed by atoms with van der Waals surface area (Å²) in [5, 5.41) is 4.30. The molecule has 8 aromatic carbocycles. The summed E-state index contributed by atoms with van der Waals surface area (Å²) in [6, 6.07) is 40.5. The SMILES string of the molecule is C=CCCc1ccc2cc(-c3ccc(-c4ccc(C(F)(F)F)cc4)c(F)c3)ccc2c1.CCc1ccc2cc(-c3ccc(-c4ccc(C(F)(F)F)c(F)c4)c(F)c3)ccc2c1. The van der Waals surface area contributed by atoms with Crippen LogP contribution in [0.15, 0.2) is 164 Å². The third-order valence-corrected chi connectivity index (χ3v) is 10.6. The van der Waals surface area contributed by atoms with E-state index in [-0.39, 0.29) is 16.7 Å². The Morgan fingerprint density at radius 1 is 0.426 bits per heavy atom. The van der Waals surface area contributed by atoms with Crippen molar-refractivity contribution in [3.63, 3.8) is 0 Å². The van der Waals surface area contributed by atoms with Crippen LogP contribution in [-0.2, 0) is 25.2 Å². The van der Waals surface area contributed by atoms with Crippen LogP contribution in [0.5, 0.6) is 0 Å². The van der Waals surface area contributed by atoms with E-state index in [1.807, 2.05) is 48.5 Å². The summed E-state index contributed by atoms with van der Waals surface area (Å²) in [6.45, 7) is 5.84. The predicted molar refractivity (Wildman–Crippen MR) is 227 cm³/mol. The van der Waals surface area contributed by atoms with Gasteiger partial charge in [0.1, 0.15) is 17.5 Å². The molecule has 0 unspecified atom stereocenters. The lowest BCUT2D eigenvalue weighted by molar-refractivity contribution is -0.140. The van der Waals surface area contributed by atoms with Crippen LogP contribution in [0.3, 0.4) is 0 Å². The van der Waals surface area contributed by atoms with Crippen molar-refractivity contribution in [2.75, 3.05) is 0 Å². The number of fused-ring (bicyclic) bond motifs is 2. The summed E-state index contributed by atoms with van der Waals surface area (Å²) < 4.78 is 120. The standard InChI is InChI=1S/C27H20F4.C25H17F5/c1-2-3-4-18-5-6-21-16-22(8-7-20(21)15-18)23-11-14-25(26(28)17-23)19-9-12-24(13-10-19)27(29,30)31;1-2-15-3-4-17-12-18(6-5-16(17)11-15)19-7-9-21(23(26)13-19)20-8-10-22(24(27)14-20)25(28,29)30/h2,5-17H,1,3-4H2;3-14H,2H2,1H3. The molecule has 0 bridgehead atoms. The molecule has 0 N–H and O–H groups in total. The maximum absolute atomic E-state index is 14.8. The van der Waals surface area contributed by atoms with Crippen LogP contribution in [0.1, 0.15) is 35.6 Å². The number of halogens is 9. The second-order valence-electron chi connectivity index (χ2n) is 14.6. The van der Waals surface area contributed by atoms with Gasteiger partial charge in [-0.25, -0.2) is 13.2 Å². The van der Waals surface area contributed by atoms with Crippen molar-refractivity contribution in [1.82, 2.24) is 0 Å². The van der Waals surface area contributed by atoms with Gasteiger partial charge in [-0.15, -0.1) is 6.58 Å². The summed E-state index contributed by atoms with van der Waals surface area (Å²) in [6.07, 6.45) is -4.50. The van der Waals surface area contributed by atoms with Gasteiger partial charge in [-0.1, -0.05) is 116 Å². The van der Waals surface area contributed by atoms with Crippen LogP contribution in [0.25, 0.3) is 66.1 Å². The number of rotatable bonds is 8. The molecule has 0 aromatic heterocycles. The predicted octanol–water partition coefficient (Wildman–Crippen LogP) is 16.5. The van der Waals surface area contributed by atoms with E-state index in [0.717, 1.165) is 70.1 Å². The summed E-state index contributed by atoms with van der Waals surface area (Å²) in [5.74, 6) is -2.53. The van der Waals surface area contributed by atoms with E-state index in [0.29, 0.717) is 28.8 Å². The zero-order valence-electron chi connectivity index (χ0n) is 32.7. The van der Waals surface area contributed by atoms with E-state index in [9.17, 15) is 39.5 Å². The van der Waals surface area contributed by atoms with E-state index in [1.165, 1.54) is 41.5 Å². The van der Waals surface area contributed by atoms with E-state index < -0.39 is 40.9 Å². The fourth-order valence-corrected chi connectivity index (χ4v) is 7.20. The van der Waals surface area contributed by atoms with Gasteiger partial charge >= 0.3 is 12.4 Å². The van der Waals surface area contributed by atoms with Crippen LogP contribution < -0.4 is 0 Å². The Balaban J connectivity index is 0.000000184. The van der Waals surface area contributed by atoms with Gasteiger partial charge in [0.2, 0.25) is 0 Å². The molecule has 0 aliphatic carbocycles. The van der Waals surface area contributed by atoms with Crippen LogP contribution in [0.2, 0.25) is 0 Å². The second kappa shape index (κ2) is 17.5. The largest absolute Gasteiger partial charge is 0.419 e. The molecule has 0 fully saturated rings. The Morgan fingerprint density at radius 2 is 0.852 bits per heavy atom. The Kier molecular flexibility index (Phi) is 12.2. The Labute approximate surface area is 347 Å². The molecule has 61 heavy (non-hydrogen) atoms.